The van der Waals surface area contributed by atoms with Crippen LogP contribution >= 0.6 is 23.2 Å². The topological polar surface area (TPSA) is 22.0 Å². The average Bonchev–Trinajstić information content (AvgIpc) is 2.14. The summed E-state index contributed by atoms with van der Waals surface area (Å²) in [6, 6.07) is 1.76. The number of aromatic nitrogens is 1. The Labute approximate surface area is 92.4 Å². The Morgan fingerprint density at radius 2 is 2.29 bits per heavy atom. The van der Waals surface area contributed by atoms with Crippen molar-refractivity contribution in [2.75, 3.05) is 0 Å². The molecule has 1 aliphatic carbocycles. The van der Waals surface area contributed by atoms with Crippen molar-refractivity contribution < 1.29 is 0 Å². The maximum Gasteiger partial charge on any atom is 0.269 e. The van der Waals surface area contributed by atoms with E-state index in [0.29, 0.717) is 0 Å². The number of fused-ring (bicyclic) bond motifs is 1. The van der Waals surface area contributed by atoms with Crippen molar-refractivity contribution in [3.05, 3.63) is 32.7 Å². The SMILES string of the molecule is Cn1c2c(cc(Cl)c1=O)CCCC2Cl. The fourth-order valence-electron chi connectivity index (χ4n) is 1.99. The van der Waals surface area contributed by atoms with Gasteiger partial charge in [-0.05, 0) is 30.9 Å². The third-order valence-electron chi connectivity index (χ3n) is 2.70. The highest BCUT2D eigenvalue weighted by molar-refractivity contribution is 6.30. The van der Waals surface area contributed by atoms with Crippen molar-refractivity contribution in [1.29, 1.82) is 0 Å². The van der Waals surface area contributed by atoms with Gasteiger partial charge in [-0.2, -0.15) is 0 Å². The first-order chi connectivity index (χ1) is 6.61. The largest absolute Gasteiger partial charge is 0.313 e. The van der Waals surface area contributed by atoms with Crippen LogP contribution < -0.4 is 5.56 Å². The molecule has 0 bridgehead atoms. The molecule has 0 fully saturated rings. The molecule has 2 rings (SSSR count). The monoisotopic (exact) mass is 231 g/mol. The molecule has 0 radical (unpaired) electrons. The van der Waals surface area contributed by atoms with Gasteiger partial charge in [-0.3, -0.25) is 4.79 Å². The van der Waals surface area contributed by atoms with E-state index < -0.39 is 0 Å². The van der Waals surface area contributed by atoms with E-state index in [2.05, 4.69) is 0 Å². The van der Waals surface area contributed by atoms with Gasteiger partial charge in [0.05, 0.1) is 5.38 Å². The van der Waals surface area contributed by atoms with Crippen LogP contribution in [0.4, 0.5) is 0 Å². The van der Waals surface area contributed by atoms with Gasteiger partial charge in [0.2, 0.25) is 0 Å². The molecule has 1 atom stereocenters. The zero-order valence-electron chi connectivity index (χ0n) is 7.89. The molecule has 1 aliphatic rings. The van der Waals surface area contributed by atoms with E-state index in [4.69, 9.17) is 23.2 Å². The number of pyridine rings is 1. The normalized spacial score (nSPS) is 20.6. The van der Waals surface area contributed by atoms with E-state index >= 15 is 0 Å². The highest BCUT2D eigenvalue weighted by atomic mass is 35.5. The lowest BCUT2D eigenvalue weighted by Crippen LogP contribution is -2.25. The number of nitrogens with zero attached hydrogens (tertiary/aromatic N) is 1. The molecule has 0 amide bonds. The van der Waals surface area contributed by atoms with Crippen LogP contribution in [0.1, 0.15) is 29.5 Å². The molecule has 0 N–H and O–H groups in total. The number of rotatable bonds is 0. The Balaban J connectivity index is 2.70. The van der Waals surface area contributed by atoms with Crippen LogP contribution in [0.5, 0.6) is 0 Å². The molecule has 0 aliphatic heterocycles. The van der Waals surface area contributed by atoms with Crippen molar-refractivity contribution in [3.8, 4) is 0 Å². The number of aryl methyl sites for hydroxylation is 1. The highest BCUT2D eigenvalue weighted by Gasteiger charge is 2.22. The number of alkyl halides is 1. The van der Waals surface area contributed by atoms with E-state index in [1.807, 2.05) is 0 Å². The molecule has 0 spiro atoms. The predicted molar refractivity (Wildman–Crippen MR) is 58.2 cm³/mol. The lowest BCUT2D eigenvalue weighted by molar-refractivity contribution is 0.608. The Kier molecular flexibility index (Phi) is 2.58. The van der Waals surface area contributed by atoms with Gasteiger partial charge >= 0.3 is 0 Å². The van der Waals surface area contributed by atoms with Crippen LogP contribution in [-0.2, 0) is 13.5 Å². The van der Waals surface area contributed by atoms with Crippen molar-refractivity contribution in [2.45, 2.75) is 24.6 Å². The fourth-order valence-corrected chi connectivity index (χ4v) is 2.69. The average molecular weight is 232 g/mol. The van der Waals surface area contributed by atoms with Crippen molar-refractivity contribution in [2.24, 2.45) is 7.05 Å². The van der Waals surface area contributed by atoms with Crippen molar-refractivity contribution in [1.82, 2.24) is 4.57 Å². The van der Waals surface area contributed by atoms with E-state index in [9.17, 15) is 4.79 Å². The molecular formula is C10H11Cl2NO. The van der Waals surface area contributed by atoms with Crippen molar-refractivity contribution in [3.63, 3.8) is 0 Å². The molecule has 0 aromatic carbocycles. The van der Waals surface area contributed by atoms with Gasteiger partial charge < -0.3 is 4.57 Å². The molecule has 0 saturated carbocycles. The second-order valence-corrected chi connectivity index (χ2v) is 4.56. The van der Waals surface area contributed by atoms with Gasteiger partial charge in [0.15, 0.2) is 0 Å². The molecule has 76 valence electrons. The molecule has 1 heterocycles. The molecule has 14 heavy (non-hydrogen) atoms. The van der Waals surface area contributed by atoms with E-state index in [-0.39, 0.29) is 16.0 Å². The second-order valence-electron chi connectivity index (χ2n) is 3.63. The Morgan fingerprint density at radius 1 is 1.57 bits per heavy atom. The van der Waals surface area contributed by atoms with E-state index in [1.165, 1.54) is 0 Å². The zero-order chi connectivity index (χ0) is 10.3. The Morgan fingerprint density at radius 3 is 3.00 bits per heavy atom. The summed E-state index contributed by atoms with van der Waals surface area (Å²) in [5.41, 5.74) is 1.90. The summed E-state index contributed by atoms with van der Waals surface area (Å²) in [7, 11) is 1.73. The number of hydrogen-bond donors (Lipinski definition) is 0. The van der Waals surface area contributed by atoms with Crippen LogP contribution in [-0.4, -0.2) is 4.57 Å². The molecule has 2 nitrogen and oxygen atoms in total. The third kappa shape index (κ3) is 1.47. The zero-order valence-corrected chi connectivity index (χ0v) is 9.40. The lowest BCUT2D eigenvalue weighted by Gasteiger charge is -2.23. The summed E-state index contributed by atoms with van der Waals surface area (Å²) in [5, 5.41) is 0.241. The van der Waals surface area contributed by atoms with Crippen LogP contribution in [0.2, 0.25) is 5.02 Å². The Hall–Kier alpha value is -0.470. The van der Waals surface area contributed by atoms with Crippen LogP contribution in [0.15, 0.2) is 10.9 Å². The second kappa shape index (κ2) is 3.59. The molecule has 4 heteroatoms. The van der Waals surface area contributed by atoms with Crippen LogP contribution in [0, 0.1) is 0 Å². The number of hydrogen-bond acceptors (Lipinski definition) is 1. The lowest BCUT2D eigenvalue weighted by atomic mass is 9.95. The van der Waals surface area contributed by atoms with Gasteiger partial charge in [0.1, 0.15) is 5.02 Å². The fraction of sp³-hybridized carbons (Fsp3) is 0.500. The summed E-state index contributed by atoms with van der Waals surface area (Å²) < 4.78 is 1.58. The molecule has 1 aromatic heterocycles. The summed E-state index contributed by atoms with van der Waals surface area (Å²) >= 11 is 12.0. The third-order valence-corrected chi connectivity index (χ3v) is 3.40. The first kappa shape index (κ1) is 10.1. The maximum absolute atomic E-state index is 11.6. The minimum absolute atomic E-state index is 0.0475. The first-order valence-corrected chi connectivity index (χ1v) is 5.45. The summed E-state index contributed by atoms with van der Waals surface area (Å²) in [4.78, 5) is 11.6. The van der Waals surface area contributed by atoms with Gasteiger partial charge in [0, 0.05) is 12.7 Å². The first-order valence-electron chi connectivity index (χ1n) is 4.63. The van der Waals surface area contributed by atoms with E-state index in [0.717, 1.165) is 30.5 Å². The minimum Gasteiger partial charge on any atom is -0.313 e. The van der Waals surface area contributed by atoms with Crippen molar-refractivity contribution >= 4 is 23.2 Å². The summed E-state index contributed by atoms with van der Waals surface area (Å²) in [6.45, 7) is 0. The minimum atomic E-state index is -0.155. The summed E-state index contributed by atoms with van der Waals surface area (Å²) in [5.74, 6) is 0. The molecule has 1 unspecified atom stereocenters. The predicted octanol–water partition coefficient (Wildman–Crippen LogP) is 2.65. The molecule has 1 aromatic rings. The van der Waals surface area contributed by atoms with Crippen LogP contribution in [0.25, 0.3) is 0 Å². The van der Waals surface area contributed by atoms with Gasteiger partial charge in [-0.25, -0.2) is 0 Å². The summed E-state index contributed by atoms with van der Waals surface area (Å²) in [6.07, 6.45) is 2.96. The quantitative estimate of drug-likeness (QED) is 0.630. The Bertz CT molecular complexity index is 425. The van der Waals surface area contributed by atoms with Gasteiger partial charge in [-0.15, -0.1) is 11.6 Å². The number of halogens is 2. The molecule has 0 saturated heterocycles. The van der Waals surface area contributed by atoms with Gasteiger partial charge in [0.25, 0.3) is 5.56 Å². The standard InChI is InChI=1S/C10H11Cl2NO/c1-13-9-6(3-2-4-7(9)11)5-8(12)10(13)14/h5,7H,2-4H2,1H3. The highest BCUT2D eigenvalue weighted by Crippen LogP contribution is 2.33. The maximum atomic E-state index is 11.6. The van der Waals surface area contributed by atoms with Gasteiger partial charge in [-0.1, -0.05) is 11.6 Å². The van der Waals surface area contributed by atoms with Crippen LogP contribution in [0.3, 0.4) is 0 Å². The molecular weight excluding hydrogens is 221 g/mol. The smallest absolute Gasteiger partial charge is 0.269 e. The van der Waals surface area contributed by atoms with E-state index in [1.54, 1.807) is 17.7 Å².